The number of nitrogens with zero attached hydrogens (tertiary/aromatic N) is 2. The fraction of sp³-hybridized carbons (Fsp3) is 0.357. The molecule has 0 saturated heterocycles. The summed E-state index contributed by atoms with van der Waals surface area (Å²) >= 11 is 11.8. The zero-order valence-corrected chi connectivity index (χ0v) is 13.1. The lowest BCUT2D eigenvalue weighted by atomic mass is 10.1. The van der Waals surface area contributed by atoms with Crippen molar-refractivity contribution in [3.63, 3.8) is 0 Å². The standard InChI is InChI=1S/C14H16Cl2FN3/c1-4-13-14(7-20(3)19-13)18-8(2)9-5-12(17)11(16)6-10(9)15/h5-8,18H,4H2,1-3H3. The molecule has 0 saturated carbocycles. The molecule has 1 aromatic heterocycles. The van der Waals surface area contributed by atoms with E-state index in [9.17, 15) is 4.39 Å². The maximum Gasteiger partial charge on any atom is 0.142 e. The molecule has 0 amide bonds. The van der Waals surface area contributed by atoms with E-state index in [1.807, 2.05) is 27.1 Å². The molecule has 0 radical (unpaired) electrons. The number of benzene rings is 1. The molecule has 1 N–H and O–H groups in total. The van der Waals surface area contributed by atoms with Crippen molar-refractivity contribution in [2.24, 2.45) is 7.05 Å². The Labute approximate surface area is 127 Å². The quantitative estimate of drug-likeness (QED) is 0.835. The molecule has 0 spiro atoms. The van der Waals surface area contributed by atoms with Gasteiger partial charge < -0.3 is 5.32 Å². The molecule has 2 rings (SSSR count). The topological polar surface area (TPSA) is 29.9 Å². The van der Waals surface area contributed by atoms with E-state index >= 15 is 0 Å². The molecule has 0 aliphatic rings. The van der Waals surface area contributed by atoms with Crippen molar-refractivity contribution in [3.05, 3.63) is 45.4 Å². The third-order valence-corrected chi connectivity index (χ3v) is 3.74. The fourth-order valence-corrected chi connectivity index (χ4v) is 2.64. The maximum absolute atomic E-state index is 13.6. The van der Waals surface area contributed by atoms with Gasteiger partial charge in [0.25, 0.3) is 0 Å². The van der Waals surface area contributed by atoms with Crippen LogP contribution in [0.3, 0.4) is 0 Å². The van der Waals surface area contributed by atoms with Crippen LogP contribution >= 0.6 is 23.2 Å². The maximum atomic E-state index is 13.6. The minimum Gasteiger partial charge on any atom is -0.376 e. The molecule has 20 heavy (non-hydrogen) atoms. The van der Waals surface area contributed by atoms with Crippen LogP contribution in [0.15, 0.2) is 18.3 Å². The van der Waals surface area contributed by atoms with E-state index in [-0.39, 0.29) is 11.1 Å². The molecular formula is C14H16Cl2FN3. The highest BCUT2D eigenvalue weighted by Crippen LogP contribution is 2.31. The average Bonchev–Trinajstić information content (AvgIpc) is 2.73. The second-order valence-electron chi connectivity index (χ2n) is 4.67. The fourth-order valence-electron chi connectivity index (χ4n) is 2.10. The van der Waals surface area contributed by atoms with Gasteiger partial charge in [-0.25, -0.2) is 4.39 Å². The summed E-state index contributed by atoms with van der Waals surface area (Å²) in [5, 5.41) is 8.14. The van der Waals surface area contributed by atoms with E-state index in [1.54, 1.807) is 4.68 Å². The average molecular weight is 316 g/mol. The van der Waals surface area contributed by atoms with Gasteiger partial charge in [0, 0.05) is 18.3 Å². The highest BCUT2D eigenvalue weighted by molar-refractivity contribution is 6.35. The Bertz CT molecular complexity index is 625. The van der Waals surface area contributed by atoms with Crippen molar-refractivity contribution in [2.45, 2.75) is 26.3 Å². The molecule has 3 nitrogen and oxygen atoms in total. The first kappa shape index (κ1) is 15.1. The minimum absolute atomic E-state index is 0.0292. The van der Waals surface area contributed by atoms with Crippen molar-refractivity contribution in [3.8, 4) is 0 Å². The first-order valence-electron chi connectivity index (χ1n) is 6.35. The highest BCUT2D eigenvalue weighted by atomic mass is 35.5. The molecule has 0 aliphatic heterocycles. The van der Waals surface area contributed by atoms with Gasteiger partial charge in [0.05, 0.1) is 22.4 Å². The summed E-state index contributed by atoms with van der Waals surface area (Å²) in [6, 6.07) is 2.64. The third-order valence-electron chi connectivity index (χ3n) is 3.12. The highest BCUT2D eigenvalue weighted by Gasteiger charge is 2.15. The normalized spacial score (nSPS) is 12.5. The largest absolute Gasteiger partial charge is 0.376 e. The summed E-state index contributed by atoms with van der Waals surface area (Å²) in [5.41, 5.74) is 2.55. The smallest absolute Gasteiger partial charge is 0.142 e. The van der Waals surface area contributed by atoms with Crippen molar-refractivity contribution < 1.29 is 4.39 Å². The van der Waals surface area contributed by atoms with E-state index in [0.717, 1.165) is 17.8 Å². The van der Waals surface area contributed by atoms with Crippen molar-refractivity contribution in [1.82, 2.24) is 9.78 Å². The molecule has 1 aromatic carbocycles. The van der Waals surface area contributed by atoms with E-state index in [1.165, 1.54) is 12.1 Å². The number of halogens is 3. The van der Waals surface area contributed by atoms with Crippen LogP contribution in [-0.4, -0.2) is 9.78 Å². The molecule has 0 bridgehead atoms. The molecule has 1 atom stereocenters. The predicted molar refractivity (Wildman–Crippen MR) is 81.0 cm³/mol. The summed E-state index contributed by atoms with van der Waals surface area (Å²) in [6.07, 6.45) is 2.72. The number of anilines is 1. The van der Waals surface area contributed by atoms with E-state index in [0.29, 0.717) is 10.6 Å². The van der Waals surface area contributed by atoms with Gasteiger partial charge in [-0.05, 0) is 31.0 Å². The number of rotatable bonds is 4. The van der Waals surface area contributed by atoms with Crippen LogP contribution in [0.2, 0.25) is 10.0 Å². The molecule has 2 aromatic rings. The molecular weight excluding hydrogens is 300 g/mol. The lowest BCUT2D eigenvalue weighted by Gasteiger charge is -2.17. The minimum atomic E-state index is -0.471. The molecule has 0 aliphatic carbocycles. The van der Waals surface area contributed by atoms with Crippen LogP contribution in [0.1, 0.15) is 31.1 Å². The van der Waals surface area contributed by atoms with E-state index in [4.69, 9.17) is 23.2 Å². The van der Waals surface area contributed by atoms with Crippen LogP contribution in [-0.2, 0) is 13.5 Å². The first-order valence-corrected chi connectivity index (χ1v) is 7.11. The van der Waals surface area contributed by atoms with Crippen LogP contribution in [0, 0.1) is 5.82 Å². The van der Waals surface area contributed by atoms with Gasteiger partial charge in [0.1, 0.15) is 5.82 Å². The summed E-state index contributed by atoms with van der Waals surface area (Å²) in [5.74, 6) is -0.471. The van der Waals surface area contributed by atoms with Crippen molar-refractivity contribution in [1.29, 1.82) is 0 Å². The van der Waals surface area contributed by atoms with E-state index in [2.05, 4.69) is 10.4 Å². The Hall–Kier alpha value is -1.26. The molecule has 1 unspecified atom stereocenters. The van der Waals surface area contributed by atoms with Crippen LogP contribution in [0.25, 0.3) is 0 Å². The Balaban J connectivity index is 2.28. The van der Waals surface area contributed by atoms with Gasteiger partial charge in [-0.1, -0.05) is 30.1 Å². The second-order valence-corrected chi connectivity index (χ2v) is 5.48. The number of aromatic nitrogens is 2. The van der Waals surface area contributed by atoms with Gasteiger partial charge in [0.15, 0.2) is 0 Å². The Morgan fingerprint density at radius 2 is 2.05 bits per heavy atom. The van der Waals surface area contributed by atoms with Gasteiger partial charge in [0.2, 0.25) is 0 Å². The third kappa shape index (κ3) is 3.07. The predicted octanol–water partition coefficient (Wildman–Crippen LogP) is 4.60. The lowest BCUT2D eigenvalue weighted by Crippen LogP contribution is -2.08. The number of nitrogens with one attached hydrogen (secondary N) is 1. The Morgan fingerprint density at radius 1 is 1.35 bits per heavy atom. The second kappa shape index (κ2) is 6.02. The molecule has 108 valence electrons. The van der Waals surface area contributed by atoms with Gasteiger partial charge >= 0.3 is 0 Å². The van der Waals surface area contributed by atoms with Gasteiger partial charge in [-0.3, -0.25) is 4.68 Å². The number of hydrogen-bond donors (Lipinski definition) is 1. The van der Waals surface area contributed by atoms with Crippen molar-refractivity contribution in [2.75, 3.05) is 5.32 Å². The lowest BCUT2D eigenvalue weighted by molar-refractivity contribution is 0.624. The summed E-state index contributed by atoms with van der Waals surface area (Å²) in [6.45, 7) is 3.95. The van der Waals surface area contributed by atoms with E-state index < -0.39 is 5.82 Å². The molecule has 6 heteroatoms. The van der Waals surface area contributed by atoms with Crippen LogP contribution < -0.4 is 5.32 Å². The summed E-state index contributed by atoms with van der Waals surface area (Å²) in [7, 11) is 1.87. The Morgan fingerprint density at radius 3 is 2.70 bits per heavy atom. The number of hydrogen-bond acceptors (Lipinski definition) is 2. The van der Waals surface area contributed by atoms with Crippen molar-refractivity contribution >= 4 is 28.9 Å². The SMILES string of the molecule is CCc1nn(C)cc1NC(C)c1cc(F)c(Cl)cc1Cl. The summed E-state index contributed by atoms with van der Waals surface area (Å²) < 4.78 is 15.3. The zero-order valence-electron chi connectivity index (χ0n) is 11.5. The van der Waals surface area contributed by atoms with Crippen LogP contribution in [0.4, 0.5) is 10.1 Å². The van der Waals surface area contributed by atoms with Crippen LogP contribution in [0.5, 0.6) is 0 Å². The van der Waals surface area contributed by atoms with Gasteiger partial charge in [-0.2, -0.15) is 5.10 Å². The van der Waals surface area contributed by atoms with Gasteiger partial charge in [-0.15, -0.1) is 0 Å². The number of aryl methyl sites for hydroxylation is 2. The monoisotopic (exact) mass is 315 g/mol. The summed E-state index contributed by atoms with van der Waals surface area (Å²) in [4.78, 5) is 0. The first-order chi connectivity index (χ1) is 9.42. The molecule has 1 heterocycles. The molecule has 0 fully saturated rings. The Kier molecular flexibility index (Phi) is 4.55. The zero-order chi connectivity index (χ0) is 14.9.